The molecule has 2 saturated heterocycles. The largest absolute Gasteiger partial charge is 0.494 e. The third-order valence-corrected chi connectivity index (χ3v) is 10.3. The van der Waals surface area contributed by atoms with Crippen LogP contribution in [-0.2, 0) is 17.8 Å². The maximum atomic E-state index is 13.7. The number of carbonyl (C=O) groups excluding carboxylic acids is 1. The van der Waals surface area contributed by atoms with E-state index in [-0.39, 0.29) is 24.9 Å². The zero-order chi connectivity index (χ0) is 35.5. The maximum Gasteiger partial charge on any atom is 0.415 e. The van der Waals surface area contributed by atoms with Crippen LogP contribution in [0.15, 0.2) is 60.7 Å². The standard InChI is InChI=1S/C39H50FN3O7/c1-3-49-35-20-34(28-8-10-30(40)11-9-28)33(27-6-7-27)18-29(35)23-42-16-14-39(15-17-42)24-43(37(47)50-39)31-12-4-26(5-13-31)21-41-22-32(45)19-36(46)38(2,48)25-44/h4-5,8-13,18,20,27,32,36,41,44-46,48H,3,6-7,14-17,19,21-25H2,1-2H3/t32-,36+,38?/m1/s1. The number of ether oxygens (including phenoxy) is 2. The number of hydrogen-bond acceptors (Lipinski definition) is 9. The molecule has 5 N–H and O–H groups in total. The number of halogens is 1. The molecule has 10 nitrogen and oxygen atoms in total. The Hall–Kier alpha value is -3.58. The van der Waals surface area contributed by atoms with Crippen molar-refractivity contribution in [2.75, 3.05) is 44.3 Å². The number of hydrogen-bond donors (Lipinski definition) is 5. The third kappa shape index (κ3) is 8.47. The number of aliphatic hydroxyl groups excluding tert-OH is 3. The van der Waals surface area contributed by atoms with Gasteiger partial charge in [0.1, 0.15) is 22.8 Å². The summed E-state index contributed by atoms with van der Waals surface area (Å²) in [6.07, 6.45) is 1.22. The number of piperidine rings is 1. The van der Waals surface area contributed by atoms with Crippen molar-refractivity contribution in [1.29, 1.82) is 0 Å². The number of carbonyl (C=O) groups is 1. The lowest BCUT2D eigenvalue weighted by Crippen LogP contribution is -2.46. The summed E-state index contributed by atoms with van der Waals surface area (Å²) in [5.41, 5.74) is 4.08. The molecule has 1 amide bonds. The van der Waals surface area contributed by atoms with Crippen LogP contribution in [-0.4, -0.2) is 94.2 Å². The van der Waals surface area contributed by atoms with Crippen molar-refractivity contribution in [1.82, 2.24) is 10.2 Å². The van der Waals surface area contributed by atoms with Crippen molar-refractivity contribution in [2.45, 2.75) is 88.4 Å². The quantitative estimate of drug-likeness (QED) is 0.154. The number of nitrogens with one attached hydrogen (secondary N) is 1. The minimum Gasteiger partial charge on any atom is -0.494 e. The lowest BCUT2D eigenvalue weighted by Gasteiger charge is -2.37. The Balaban J connectivity index is 1.03. The average molecular weight is 692 g/mol. The summed E-state index contributed by atoms with van der Waals surface area (Å²) in [7, 11) is 0. The van der Waals surface area contributed by atoms with Crippen molar-refractivity contribution in [3.63, 3.8) is 0 Å². The molecule has 3 fully saturated rings. The van der Waals surface area contributed by atoms with Gasteiger partial charge in [0, 0.05) is 63.2 Å². The monoisotopic (exact) mass is 691 g/mol. The van der Waals surface area contributed by atoms with Crippen LogP contribution in [0.3, 0.4) is 0 Å². The Morgan fingerprint density at radius 3 is 2.42 bits per heavy atom. The average Bonchev–Trinajstić information content (AvgIpc) is 3.90. The van der Waals surface area contributed by atoms with E-state index in [9.17, 15) is 29.6 Å². The molecule has 3 atom stereocenters. The van der Waals surface area contributed by atoms with E-state index in [1.54, 1.807) is 4.90 Å². The first-order valence-electron chi connectivity index (χ1n) is 17.8. The number of anilines is 1. The number of amides is 1. The predicted molar refractivity (Wildman–Crippen MR) is 189 cm³/mol. The van der Waals surface area contributed by atoms with Gasteiger partial charge in [0.2, 0.25) is 0 Å². The number of benzene rings is 3. The molecule has 0 aromatic heterocycles. The lowest BCUT2D eigenvalue weighted by molar-refractivity contribution is -0.105. The molecule has 2 heterocycles. The van der Waals surface area contributed by atoms with E-state index in [2.05, 4.69) is 22.3 Å². The van der Waals surface area contributed by atoms with Crippen molar-refractivity contribution in [3.05, 3.63) is 83.2 Å². The van der Waals surface area contributed by atoms with Gasteiger partial charge < -0.3 is 35.2 Å². The molecule has 1 unspecified atom stereocenters. The van der Waals surface area contributed by atoms with E-state index in [0.717, 1.165) is 79.0 Å². The molecule has 11 heteroatoms. The molecule has 3 aromatic rings. The SMILES string of the molecule is CCOc1cc(-c2ccc(F)cc2)c(C2CC2)cc1CN1CCC2(CC1)CN(c1ccc(CNC[C@H](O)C[C@H](O)C(C)(O)CO)cc1)C(=O)O2. The van der Waals surface area contributed by atoms with Crippen LogP contribution in [0.1, 0.15) is 68.6 Å². The van der Waals surface area contributed by atoms with Crippen LogP contribution in [0.2, 0.25) is 0 Å². The molecule has 270 valence electrons. The van der Waals surface area contributed by atoms with Crippen LogP contribution >= 0.6 is 0 Å². The van der Waals surface area contributed by atoms with Crippen LogP contribution in [0.25, 0.3) is 11.1 Å². The highest BCUT2D eigenvalue weighted by molar-refractivity contribution is 5.90. The van der Waals surface area contributed by atoms with Gasteiger partial charge in [0.05, 0.1) is 32.0 Å². The molecule has 2 aliphatic heterocycles. The van der Waals surface area contributed by atoms with Crippen molar-refractivity contribution in [3.8, 4) is 16.9 Å². The van der Waals surface area contributed by atoms with Crippen molar-refractivity contribution >= 4 is 11.8 Å². The molecule has 1 spiro atoms. The summed E-state index contributed by atoms with van der Waals surface area (Å²) < 4.78 is 25.9. The third-order valence-electron chi connectivity index (χ3n) is 10.3. The molecule has 1 aliphatic carbocycles. The fourth-order valence-corrected chi connectivity index (χ4v) is 6.99. The topological polar surface area (TPSA) is 135 Å². The van der Waals surface area contributed by atoms with Gasteiger partial charge >= 0.3 is 6.09 Å². The van der Waals surface area contributed by atoms with Crippen LogP contribution in [0, 0.1) is 5.82 Å². The second-order valence-corrected chi connectivity index (χ2v) is 14.4. The van der Waals surface area contributed by atoms with E-state index in [1.165, 1.54) is 24.6 Å². The highest BCUT2D eigenvalue weighted by atomic mass is 19.1. The normalized spacial score (nSPS) is 20.1. The van der Waals surface area contributed by atoms with Gasteiger partial charge in [0.25, 0.3) is 0 Å². The van der Waals surface area contributed by atoms with Crippen LogP contribution < -0.4 is 15.0 Å². The van der Waals surface area contributed by atoms with Gasteiger partial charge in [0.15, 0.2) is 0 Å². The molecular weight excluding hydrogens is 641 g/mol. The van der Waals surface area contributed by atoms with Crippen molar-refractivity contribution in [2.24, 2.45) is 0 Å². The second-order valence-electron chi connectivity index (χ2n) is 14.4. The van der Waals surface area contributed by atoms with E-state index in [4.69, 9.17) is 9.47 Å². The molecule has 50 heavy (non-hydrogen) atoms. The number of rotatable bonds is 15. The second kappa shape index (κ2) is 15.3. The van der Waals surface area contributed by atoms with Gasteiger partial charge in [-0.25, -0.2) is 9.18 Å². The molecule has 3 aliphatic rings. The first kappa shape index (κ1) is 36.2. The minimum absolute atomic E-state index is 0.0717. The highest BCUT2D eigenvalue weighted by Crippen LogP contribution is 2.47. The lowest BCUT2D eigenvalue weighted by atomic mass is 9.90. The zero-order valence-corrected chi connectivity index (χ0v) is 29.0. The zero-order valence-electron chi connectivity index (χ0n) is 29.0. The summed E-state index contributed by atoms with van der Waals surface area (Å²) in [5, 5.41) is 42.5. The Morgan fingerprint density at radius 1 is 1.08 bits per heavy atom. The first-order chi connectivity index (χ1) is 24.0. The molecule has 3 aromatic carbocycles. The fourth-order valence-electron chi connectivity index (χ4n) is 6.99. The van der Waals surface area contributed by atoms with E-state index < -0.39 is 30.0 Å². The number of nitrogens with zero attached hydrogens (tertiary/aromatic N) is 2. The summed E-state index contributed by atoms with van der Waals surface area (Å²) >= 11 is 0. The molecular formula is C39H50FN3O7. The minimum atomic E-state index is -1.67. The Labute approximate surface area is 293 Å². The Kier molecular flexibility index (Phi) is 11.1. The van der Waals surface area contributed by atoms with Gasteiger partial charge in [-0.3, -0.25) is 9.80 Å². The summed E-state index contributed by atoms with van der Waals surface area (Å²) in [5.74, 6) is 1.13. The first-order valence-corrected chi connectivity index (χ1v) is 17.8. The van der Waals surface area contributed by atoms with Crippen LogP contribution in [0.4, 0.5) is 14.9 Å². The number of aliphatic hydroxyl groups is 4. The molecule has 1 saturated carbocycles. The van der Waals surface area contributed by atoms with Gasteiger partial charge in [-0.05, 0) is 91.3 Å². The van der Waals surface area contributed by atoms with Crippen LogP contribution in [0.5, 0.6) is 5.75 Å². The number of likely N-dealkylation sites (tertiary alicyclic amines) is 1. The summed E-state index contributed by atoms with van der Waals surface area (Å²) in [6.45, 7) is 6.74. The van der Waals surface area contributed by atoms with E-state index in [1.807, 2.05) is 43.3 Å². The summed E-state index contributed by atoms with van der Waals surface area (Å²) in [6, 6.07) is 18.8. The smallest absolute Gasteiger partial charge is 0.415 e. The molecule has 6 rings (SSSR count). The summed E-state index contributed by atoms with van der Waals surface area (Å²) in [4.78, 5) is 17.2. The Morgan fingerprint density at radius 2 is 1.78 bits per heavy atom. The van der Waals surface area contributed by atoms with E-state index in [0.29, 0.717) is 25.6 Å². The molecule has 0 radical (unpaired) electrons. The predicted octanol–water partition coefficient (Wildman–Crippen LogP) is 4.71. The van der Waals surface area contributed by atoms with Gasteiger partial charge in [-0.15, -0.1) is 0 Å². The van der Waals surface area contributed by atoms with E-state index >= 15 is 0 Å². The molecule has 0 bridgehead atoms. The highest BCUT2D eigenvalue weighted by Gasteiger charge is 2.47. The van der Waals surface area contributed by atoms with Gasteiger partial charge in [-0.1, -0.05) is 24.3 Å². The van der Waals surface area contributed by atoms with Crippen molar-refractivity contribution < 1.29 is 39.1 Å². The maximum absolute atomic E-state index is 13.7. The Bertz CT molecular complexity index is 1610. The van der Waals surface area contributed by atoms with Gasteiger partial charge in [-0.2, -0.15) is 0 Å². The fraction of sp³-hybridized carbons (Fsp3) is 0.513.